The van der Waals surface area contributed by atoms with Crippen molar-refractivity contribution in [2.45, 2.75) is 6.54 Å². The molecule has 0 aliphatic heterocycles. The van der Waals surface area contributed by atoms with Crippen LogP contribution >= 0.6 is 0 Å². The van der Waals surface area contributed by atoms with Crippen LogP contribution in [0.3, 0.4) is 0 Å². The lowest BCUT2D eigenvalue weighted by molar-refractivity contribution is 0.0827. The second-order valence-electron chi connectivity index (χ2n) is 7.44. The highest BCUT2D eigenvalue weighted by molar-refractivity contribution is 5.94. The molecule has 0 saturated heterocycles. The van der Waals surface area contributed by atoms with Crippen LogP contribution in [0.2, 0.25) is 0 Å². The SMILES string of the molecule is CN(C)C(=O)c1ccn(-c2cc(=O)n(C)cc2-c2cnn(Cc3ccccc3)c2)c1. The number of pyridine rings is 1. The van der Waals surface area contributed by atoms with E-state index in [1.165, 1.54) is 4.90 Å². The Balaban J connectivity index is 1.74. The number of hydrogen-bond donors (Lipinski definition) is 0. The molecule has 0 bridgehead atoms. The number of benzene rings is 1. The number of aryl methyl sites for hydroxylation is 1. The van der Waals surface area contributed by atoms with E-state index in [-0.39, 0.29) is 11.5 Å². The molecule has 0 radical (unpaired) electrons. The van der Waals surface area contributed by atoms with Crippen molar-refractivity contribution < 1.29 is 4.79 Å². The summed E-state index contributed by atoms with van der Waals surface area (Å²) in [6.45, 7) is 0.660. The molecule has 0 aliphatic rings. The number of carbonyl (C=O) groups excluding carboxylic acids is 1. The van der Waals surface area contributed by atoms with Crippen LogP contribution in [-0.2, 0) is 13.6 Å². The van der Waals surface area contributed by atoms with Crippen LogP contribution in [0, 0.1) is 0 Å². The maximum Gasteiger partial charge on any atom is 0.254 e. The smallest absolute Gasteiger partial charge is 0.254 e. The molecule has 3 aromatic heterocycles. The van der Waals surface area contributed by atoms with Gasteiger partial charge in [-0.25, -0.2) is 0 Å². The third-order valence-corrected chi connectivity index (χ3v) is 4.96. The second kappa shape index (κ2) is 7.87. The van der Waals surface area contributed by atoms with Crippen LogP contribution in [0.15, 0.2) is 78.2 Å². The fourth-order valence-electron chi connectivity index (χ4n) is 3.35. The first-order chi connectivity index (χ1) is 14.4. The fraction of sp³-hybridized carbons (Fsp3) is 0.174. The molecule has 0 N–H and O–H groups in total. The molecule has 7 heteroatoms. The number of hydrogen-bond acceptors (Lipinski definition) is 3. The van der Waals surface area contributed by atoms with E-state index in [0.29, 0.717) is 17.8 Å². The molecule has 1 amide bonds. The maximum absolute atomic E-state index is 12.3. The third-order valence-electron chi connectivity index (χ3n) is 4.96. The average Bonchev–Trinajstić information content (AvgIpc) is 3.40. The van der Waals surface area contributed by atoms with Gasteiger partial charge >= 0.3 is 0 Å². The summed E-state index contributed by atoms with van der Waals surface area (Å²) in [5.74, 6) is -0.0881. The molecule has 1 aromatic carbocycles. The Bertz CT molecular complexity index is 1250. The highest BCUT2D eigenvalue weighted by atomic mass is 16.2. The summed E-state index contributed by atoms with van der Waals surface area (Å²) in [7, 11) is 5.15. The van der Waals surface area contributed by atoms with Crippen molar-refractivity contribution in [3.8, 4) is 16.8 Å². The average molecular weight is 401 g/mol. The molecule has 4 aromatic rings. The summed E-state index contributed by atoms with van der Waals surface area (Å²) in [6, 6.07) is 13.4. The minimum atomic E-state index is -0.125. The van der Waals surface area contributed by atoms with Crippen LogP contribution in [0.5, 0.6) is 0 Å². The molecule has 0 saturated carbocycles. The van der Waals surface area contributed by atoms with Gasteiger partial charge in [-0.2, -0.15) is 5.10 Å². The van der Waals surface area contributed by atoms with Gasteiger partial charge in [-0.1, -0.05) is 30.3 Å². The predicted molar refractivity (Wildman–Crippen MR) is 116 cm³/mol. The van der Waals surface area contributed by atoms with Crippen LogP contribution in [0.1, 0.15) is 15.9 Å². The predicted octanol–water partition coefficient (Wildman–Crippen LogP) is 2.79. The van der Waals surface area contributed by atoms with E-state index in [4.69, 9.17) is 0 Å². The fourth-order valence-corrected chi connectivity index (χ4v) is 3.35. The lowest BCUT2D eigenvalue weighted by Crippen LogP contribution is -2.21. The van der Waals surface area contributed by atoms with E-state index in [1.807, 2.05) is 33.6 Å². The first-order valence-corrected chi connectivity index (χ1v) is 9.60. The van der Waals surface area contributed by atoms with Crippen LogP contribution in [-0.4, -0.2) is 43.8 Å². The van der Waals surface area contributed by atoms with Crippen molar-refractivity contribution in [1.82, 2.24) is 23.8 Å². The molecule has 152 valence electrons. The highest BCUT2D eigenvalue weighted by Crippen LogP contribution is 2.26. The lowest BCUT2D eigenvalue weighted by atomic mass is 10.1. The Morgan fingerprint density at radius 2 is 1.83 bits per heavy atom. The minimum Gasteiger partial charge on any atom is -0.345 e. The van der Waals surface area contributed by atoms with Crippen molar-refractivity contribution in [3.63, 3.8) is 0 Å². The van der Waals surface area contributed by atoms with Crippen LogP contribution in [0.4, 0.5) is 0 Å². The van der Waals surface area contributed by atoms with Crippen LogP contribution in [0.25, 0.3) is 16.8 Å². The number of amides is 1. The van der Waals surface area contributed by atoms with Crippen molar-refractivity contribution in [2.75, 3.05) is 14.1 Å². The van der Waals surface area contributed by atoms with Crippen molar-refractivity contribution in [2.24, 2.45) is 7.05 Å². The third kappa shape index (κ3) is 3.82. The molecular weight excluding hydrogens is 378 g/mol. The minimum absolute atomic E-state index is 0.0881. The van der Waals surface area contributed by atoms with Gasteiger partial charge in [0, 0.05) is 63.1 Å². The van der Waals surface area contributed by atoms with Crippen molar-refractivity contribution >= 4 is 5.91 Å². The number of rotatable bonds is 5. The van der Waals surface area contributed by atoms with Gasteiger partial charge in [-0.05, 0) is 11.6 Å². The van der Waals surface area contributed by atoms with E-state index in [2.05, 4.69) is 17.2 Å². The first kappa shape index (κ1) is 19.4. The van der Waals surface area contributed by atoms with Gasteiger partial charge in [0.25, 0.3) is 11.5 Å². The van der Waals surface area contributed by atoms with E-state index in [9.17, 15) is 9.59 Å². The summed E-state index contributed by atoms with van der Waals surface area (Å²) in [5, 5.41) is 4.49. The topological polar surface area (TPSA) is 65.1 Å². The molecule has 0 unspecified atom stereocenters. The van der Waals surface area contributed by atoms with Gasteiger partial charge in [0.15, 0.2) is 0 Å². The zero-order chi connectivity index (χ0) is 21.3. The molecule has 0 fully saturated rings. The van der Waals surface area contributed by atoms with E-state index in [0.717, 1.165) is 16.7 Å². The standard InChI is InChI=1S/C23H23N5O2/c1-25(2)23(30)18-9-10-27(14-18)21-11-22(29)26(3)16-20(21)19-12-24-28(15-19)13-17-7-5-4-6-8-17/h4-12,14-16H,13H2,1-3H3. The Labute approximate surface area is 174 Å². The Morgan fingerprint density at radius 3 is 2.57 bits per heavy atom. The molecule has 0 aliphatic carbocycles. The van der Waals surface area contributed by atoms with Gasteiger partial charge in [-0.3, -0.25) is 14.3 Å². The zero-order valence-corrected chi connectivity index (χ0v) is 17.2. The van der Waals surface area contributed by atoms with Gasteiger partial charge in [0.1, 0.15) is 0 Å². The zero-order valence-electron chi connectivity index (χ0n) is 17.2. The van der Waals surface area contributed by atoms with Crippen molar-refractivity contribution in [3.05, 3.63) is 94.9 Å². The molecule has 0 spiro atoms. The Kier molecular flexibility index (Phi) is 5.10. The summed E-state index contributed by atoms with van der Waals surface area (Å²) in [4.78, 5) is 26.1. The molecule has 7 nitrogen and oxygen atoms in total. The van der Waals surface area contributed by atoms with Gasteiger partial charge in [0.05, 0.1) is 24.0 Å². The van der Waals surface area contributed by atoms with Gasteiger partial charge < -0.3 is 14.0 Å². The van der Waals surface area contributed by atoms with E-state index in [1.54, 1.807) is 62.6 Å². The Morgan fingerprint density at radius 1 is 1.07 bits per heavy atom. The number of aromatic nitrogens is 4. The molecule has 3 heterocycles. The summed E-state index contributed by atoms with van der Waals surface area (Å²) < 4.78 is 5.22. The second-order valence-corrected chi connectivity index (χ2v) is 7.44. The molecule has 0 atom stereocenters. The van der Waals surface area contributed by atoms with E-state index < -0.39 is 0 Å². The monoisotopic (exact) mass is 401 g/mol. The quantitative estimate of drug-likeness (QED) is 0.517. The molecule has 4 rings (SSSR count). The first-order valence-electron chi connectivity index (χ1n) is 9.60. The Hall–Kier alpha value is -3.87. The van der Waals surface area contributed by atoms with Gasteiger partial charge in [0.2, 0.25) is 0 Å². The summed E-state index contributed by atoms with van der Waals surface area (Å²) in [6.07, 6.45) is 9.10. The summed E-state index contributed by atoms with van der Waals surface area (Å²) in [5.41, 5.74) is 4.05. The van der Waals surface area contributed by atoms with Crippen molar-refractivity contribution in [1.29, 1.82) is 0 Å². The van der Waals surface area contributed by atoms with E-state index >= 15 is 0 Å². The van der Waals surface area contributed by atoms with Crippen LogP contribution < -0.4 is 5.56 Å². The van der Waals surface area contributed by atoms with Gasteiger partial charge in [-0.15, -0.1) is 0 Å². The number of nitrogens with zero attached hydrogens (tertiary/aromatic N) is 5. The largest absolute Gasteiger partial charge is 0.345 e. The summed E-state index contributed by atoms with van der Waals surface area (Å²) >= 11 is 0. The molecule has 30 heavy (non-hydrogen) atoms. The lowest BCUT2D eigenvalue weighted by Gasteiger charge is -2.11. The number of carbonyl (C=O) groups is 1. The molecular formula is C23H23N5O2. The highest BCUT2D eigenvalue weighted by Gasteiger charge is 2.15. The normalized spacial score (nSPS) is 10.9. The maximum atomic E-state index is 12.3.